The van der Waals surface area contributed by atoms with Gasteiger partial charge in [0.1, 0.15) is 10.8 Å². The van der Waals surface area contributed by atoms with Gasteiger partial charge in [-0.15, -0.1) is 0 Å². The second-order valence-corrected chi connectivity index (χ2v) is 3.79. The van der Waals surface area contributed by atoms with Gasteiger partial charge in [0.15, 0.2) is 5.78 Å². The molecule has 0 aromatic heterocycles. The number of alkyl halides is 1. The maximum atomic E-state index is 11.5. The summed E-state index contributed by atoms with van der Waals surface area (Å²) in [6.07, 6.45) is 0. The molecule has 0 bridgehead atoms. The Kier molecular flexibility index (Phi) is 4.26. The van der Waals surface area contributed by atoms with E-state index in [2.05, 4.69) is 15.9 Å². The first-order valence-electron chi connectivity index (χ1n) is 4.12. The summed E-state index contributed by atoms with van der Waals surface area (Å²) in [5, 5.41) is 10.6. The molecular formula is C9H7BrClNO4. The van der Waals surface area contributed by atoms with Crippen molar-refractivity contribution >= 4 is 39.0 Å². The monoisotopic (exact) mass is 307 g/mol. The van der Waals surface area contributed by atoms with Crippen molar-refractivity contribution in [3.63, 3.8) is 0 Å². The number of methoxy groups -OCH3 is 1. The van der Waals surface area contributed by atoms with Crippen molar-refractivity contribution in [3.05, 3.63) is 32.8 Å². The summed E-state index contributed by atoms with van der Waals surface area (Å²) in [7, 11) is 1.36. The number of rotatable bonds is 4. The molecule has 0 spiro atoms. The van der Waals surface area contributed by atoms with Crippen molar-refractivity contribution in [2.45, 2.75) is 0 Å². The summed E-state index contributed by atoms with van der Waals surface area (Å²) in [4.78, 5) is 21.5. The third kappa shape index (κ3) is 2.51. The molecule has 5 nitrogen and oxygen atoms in total. The fraction of sp³-hybridized carbons (Fsp3) is 0.222. The minimum Gasteiger partial charge on any atom is -0.496 e. The Morgan fingerprint density at radius 2 is 2.25 bits per heavy atom. The van der Waals surface area contributed by atoms with Gasteiger partial charge in [0.05, 0.1) is 22.9 Å². The van der Waals surface area contributed by atoms with E-state index >= 15 is 0 Å². The number of nitro groups is 1. The van der Waals surface area contributed by atoms with E-state index in [1.165, 1.54) is 13.2 Å². The summed E-state index contributed by atoms with van der Waals surface area (Å²) in [6, 6.07) is 2.38. The van der Waals surface area contributed by atoms with Crippen molar-refractivity contribution in [3.8, 4) is 5.75 Å². The van der Waals surface area contributed by atoms with Gasteiger partial charge in [-0.2, -0.15) is 0 Å². The molecule has 1 rings (SSSR count). The highest BCUT2D eigenvalue weighted by molar-refractivity contribution is 9.09. The van der Waals surface area contributed by atoms with Gasteiger partial charge in [-0.05, 0) is 0 Å². The summed E-state index contributed by atoms with van der Waals surface area (Å²) in [6.45, 7) is 0. The van der Waals surface area contributed by atoms with Gasteiger partial charge in [0.2, 0.25) is 0 Å². The highest BCUT2D eigenvalue weighted by atomic mass is 79.9. The number of hydrogen-bond acceptors (Lipinski definition) is 4. The maximum Gasteiger partial charge on any atom is 0.288 e. The number of ketones is 1. The summed E-state index contributed by atoms with van der Waals surface area (Å²) >= 11 is 8.67. The molecule has 16 heavy (non-hydrogen) atoms. The van der Waals surface area contributed by atoms with E-state index < -0.39 is 4.92 Å². The number of carbonyl (C=O) groups excluding carboxylic acids is 1. The molecule has 0 saturated heterocycles. The van der Waals surface area contributed by atoms with Crippen molar-refractivity contribution in [2.24, 2.45) is 0 Å². The fourth-order valence-corrected chi connectivity index (χ4v) is 1.67. The summed E-state index contributed by atoms with van der Waals surface area (Å²) in [5.74, 6) is -0.0864. The third-order valence-electron chi connectivity index (χ3n) is 1.89. The van der Waals surface area contributed by atoms with Crippen LogP contribution in [0.3, 0.4) is 0 Å². The van der Waals surface area contributed by atoms with Crippen LogP contribution < -0.4 is 4.74 Å². The van der Waals surface area contributed by atoms with Crippen LogP contribution in [0.15, 0.2) is 12.1 Å². The Balaban J connectivity index is 3.40. The Labute approximate surface area is 105 Å². The molecule has 0 amide bonds. The molecule has 0 radical (unpaired) electrons. The van der Waals surface area contributed by atoms with Crippen LogP contribution in [0.4, 0.5) is 5.69 Å². The normalized spacial score (nSPS) is 9.94. The molecule has 7 heteroatoms. The predicted octanol–water partition coefficient (Wildman–Crippen LogP) is 2.83. The Morgan fingerprint density at radius 1 is 1.62 bits per heavy atom. The fourth-order valence-electron chi connectivity index (χ4n) is 1.14. The first kappa shape index (κ1) is 12.9. The van der Waals surface area contributed by atoms with Gasteiger partial charge >= 0.3 is 0 Å². The van der Waals surface area contributed by atoms with E-state index in [9.17, 15) is 14.9 Å². The molecule has 0 fully saturated rings. The minimum absolute atomic E-state index is 0.0577. The van der Waals surface area contributed by atoms with E-state index in [0.717, 1.165) is 6.07 Å². The maximum absolute atomic E-state index is 11.5. The van der Waals surface area contributed by atoms with Crippen LogP contribution in [0.25, 0.3) is 0 Å². The number of nitrogens with zero attached hydrogens (tertiary/aromatic N) is 1. The van der Waals surface area contributed by atoms with E-state index in [1.807, 2.05) is 0 Å². The van der Waals surface area contributed by atoms with Gasteiger partial charge in [-0.25, -0.2) is 0 Å². The highest BCUT2D eigenvalue weighted by Gasteiger charge is 2.20. The van der Waals surface area contributed by atoms with E-state index in [1.54, 1.807) is 0 Å². The first-order valence-corrected chi connectivity index (χ1v) is 5.62. The Morgan fingerprint density at radius 3 is 2.69 bits per heavy atom. The SMILES string of the molecule is COc1cc(Cl)c([N+](=O)[O-])cc1C(=O)CBr. The molecule has 0 heterocycles. The smallest absolute Gasteiger partial charge is 0.288 e. The number of nitro benzene ring substituents is 1. The quantitative estimate of drug-likeness (QED) is 0.371. The molecular weight excluding hydrogens is 301 g/mol. The van der Waals surface area contributed by atoms with Crippen LogP contribution in [0.5, 0.6) is 5.75 Å². The second kappa shape index (κ2) is 5.27. The van der Waals surface area contributed by atoms with E-state index in [4.69, 9.17) is 16.3 Å². The van der Waals surface area contributed by atoms with Gasteiger partial charge in [0.25, 0.3) is 5.69 Å². The molecule has 86 valence electrons. The van der Waals surface area contributed by atoms with Crippen LogP contribution in [0, 0.1) is 10.1 Å². The number of ether oxygens (including phenoxy) is 1. The van der Waals surface area contributed by atoms with Gasteiger partial charge in [0, 0.05) is 12.1 Å². The lowest BCUT2D eigenvalue weighted by Crippen LogP contribution is -2.04. The van der Waals surface area contributed by atoms with Crippen molar-refractivity contribution < 1.29 is 14.5 Å². The van der Waals surface area contributed by atoms with Crippen LogP contribution in [-0.2, 0) is 0 Å². The average molecular weight is 309 g/mol. The molecule has 0 unspecified atom stereocenters. The van der Waals surface area contributed by atoms with Crippen LogP contribution in [0.2, 0.25) is 5.02 Å². The van der Waals surface area contributed by atoms with E-state index in [0.29, 0.717) is 0 Å². The predicted molar refractivity (Wildman–Crippen MR) is 62.8 cm³/mol. The highest BCUT2D eigenvalue weighted by Crippen LogP contribution is 2.32. The standard InChI is InChI=1S/C9H7BrClNO4/c1-16-9-3-6(11)7(12(14)15)2-5(9)8(13)4-10/h2-3H,4H2,1H3. The molecule has 0 N–H and O–H groups in total. The lowest BCUT2D eigenvalue weighted by atomic mass is 10.1. The first-order chi connectivity index (χ1) is 7.51. The number of benzene rings is 1. The topological polar surface area (TPSA) is 69.4 Å². The Hall–Kier alpha value is -1.14. The lowest BCUT2D eigenvalue weighted by Gasteiger charge is -2.07. The average Bonchev–Trinajstić information content (AvgIpc) is 2.27. The number of Topliss-reactive ketones (excluding diaryl/α,β-unsaturated/α-hetero) is 1. The van der Waals surface area contributed by atoms with Crippen molar-refractivity contribution in [1.29, 1.82) is 0 Å². The molecule has 0 aliphatic carbocycles. The van der Waals surface area contributed by atoms with Gasteiger partial charge < -0.3 is 4.74 Å². The zero-order chi connectivity index (χ0) is 12.3. The van der Waals surface area contributed by atoms with Crippen molar-refractivity contribution in [1.82, 2.24) is 0 Å². The molecule has 1 aromatic carbocycles. The van der Waals surface area contributed by atoms with Gasteiger partial charge in [-0.1, -0.05) is 27.5 Å². The zero-order valence-electron chi connectivity index (χ0n) is 8.20. The van der Waals surface area contributed by atoms with Crippen LogP contribution in [0.1, 0.15) is 10.4 Å². The zero-order valence-corrected chi connectivity index (χ0v) is 10.5. The van der Waals surface area contributed by atoms with Crippen molar-refractivity contribution in [2.75, 3.05) is 12.4 Å². The summed E-state index contributed by atoms with van der Waals surface area (Å²) < 4.78 is 4.94. The number of hydrogen-bond donors (Lipinski definition) is 0. The lowest BCUT2D eigenvalue weighted by molar-refractivity contribution is -0.384. The minimum atomic E-state index is -0.646. The molecule has 0 aliphatic heterocycles. The second-order valence-electron chi connectivity index (χ2n) is 2.82. The Bertz CT molecular complexity index is 449. The summed E-state index contributed by atoms with van der Waals surface area (Å²) in [5.41, 5.74) is -0.178. The number of halogens is 2. The van der Waals surface area contributed by atoms with Crippen LogP contribution >= 0.6 is 27.5 Å². The molecule has 0 aliphatic rings. The van der Waals surface area contributed by atoms with E-state index in [-0.39, 0.29) is 33.1 Å². The largest absolute Gasteiger partial charge is 0.496 e. The van der Waals surface area contributed by atoms with Gasteiger partial charge in [-0.3, -0.25) is 14.9 Å². The molecule has 1 aromatic rings. The number of carbonyl (C=O) groups is 1. The molecule has 0 atom stereocenters. The van der Waals surface area contributed by atoms with Crippen LogP contribution in [-0.4, -0.2) is 23.1 Å². The third-order valence-corrected chi connectivity index (χ3v) is 2.70. The molecule has 0 saturated carbocycles.